The molecule has 1 heterocycles. The number of hydrogen-bond acceptors (Lipinski definition) is 5. The van der Waals surface area contributed by atoms with E-state index in [-0.39, 0.29) is 0 Å². The van der Waals surface area contributed by atoms with E-state index in [0.29, 0.717) is 6.61 Å². The molecule has 0 radical (unpaired) electrons. The smallest absolute Gasteiger partial charge is 0.500 e. The van der Waals surface area contributed by atoms with Gasteiger partial charge in [0.15, 0.2) is 0 Å². The number of fused-ring (bicyclic) bond motifs is 1. The van der Waals surface area contributed by atoms with Gasteiger partial charge in [-0.1, -0.05) is 13.0 Å². The van der Waals surface area contributed by atoms with Crippen LogP contribution in [0.4, 0.5) is 0 Å². The highest BCUT2D eigenvalue weighted by Crippen LogP contribution is 2.32. The molecule has 5 nitrogen and oxygen atoms in total. The SMILES string of the molecule is CC[Si]1(C)OCc2cc(CC[Si](OC)(OC)OC)ccc2O1. The van der Waals surface area contributed by atoms with Gasteiger partial charge in [-0.2, -0.15) is 0 Å². The van der Waals surface area contributed by atoms with Crippen LogP contribution in [-0.4, -0.2) is 38.7 Å². The fourth-order valence-electron chi connectivity index (χ4n) is 2.52. The van der Waals surface area contributed by atoms with E-state index in [9.17, 15) is 0 Å². The number of benzene rings is 1. The lowest BCUT2D eigenvalue weighted by molar-refractivity contribution is 0.123. The zero-order valence-electron chi connectivity index (χ0n) is 14.1. The van der Waals surface area contributed by atoms with Crippen molar-refractivity contribution in [2.75, 3.05) is 21.3 Å². The molecule has 22 heavy (non-hydrogen) atoms. The minimum Gasteiger partial charge on any atom is -0.520 e. The molecule has 1 atom stereocenters. The first-order valence-electron chi connectivity index (χ1n) is 7.60. The van der Waals surface area contributed by atoms with Gasteiger partial charge in [-0.25, -0.2) is 0 Å². The molecule has 1 unspecified atom stereocenters. The summed E-state index contributed by atoms with van der Waals surface area (Å²) in [5, 5.41) is 0. The van der Waals surface area contributed by atoms with E-state index in [2.05, 4.69) is 31.7 Å². The molecule has 124 valence electrons. The fourth-order valence-corrected chi connectivity index (χ4v) is 5.76. The van der Waals surface area contributed by atoms with Crippen LogP contribution in [0.5, 0.6) is 5.75 Å². The standard InChI is InChI=1S/C15H26O5Si2/c1-6-21(5)19-12-14-11-13(7-8-15(14)20-21)9-10-22(16-2,17-3)18-4/h7-8,11H,6,9-10,12H2,1-5H3. The zero-order valence-corrected chi connectivity index (χ0v) is 16.1. The Bertz CT molecular complexity index is 498. The molecule has 1 aliphatic rings. The van der Waals surface area contributed by atoms with E-state index in [4.69, 9.17) is 22.1 Å². The van der Waals surface area contributed by atoms with Gasteiger partial charge in [0.05, 0.1) is 6.61 Å². The van der Waals surface area contributed by atoms with Gasteiger partial charge in [-0.3, -0.25) is 0 Å². The molecule has 0 aromatic heterocycles. The average Bonchev–Trinajstić information content (AvgIpc) is 2.57. The lowest BCUT2D eigenvalue weighted by Gasteiger charge is -2.33. The Labute approximate surface area is 135 Å². The van der Waals surface area contributed by atoms with Gasteiger partial charge in [0.2, 0.25) is 0 Å². The molecule has 0 aliphatic carbocycles. The van der Waals surface area contributed by atoms with Gasteiger partial charge in [-0.05, 0) is 36.7 Å². The third-order valence-electron chi connectivity index (χ3n) is 4.28. The molecule has 0 saturated carbocycles. The highest BCUT2D eigenvalue weighted by atomic mass is 28.4. The Hall–Kier alpha value is -0.706. The summed E-state index contributed by atoms with van der Waals surface area (Å²) in [6.45, 7) is 4.87. The molecule has 0 saturated heterocycles. The molecule has 0 fully saturated rings. The molecule has 0 spiro atoms. The van der Waals surface area contributed by atoms with Gasteiger partial charge in [0.25, 0.3) is 0 Å². The van der Waals surface area contributed by atoms with Gasteiger partial charge >= 0.3 is 17.4 Å². The van der Waals surface area contributed by atoms with E-state index in [1.54, 1.807) is 21.3 Å². The Balaban J connectivity index is 2.07. The molecule has 2 rings (SSSR count). The highest BCUT2D eigenvalue weighted by molar-refractivity contribution is 6.66. The normalized spacial score (nSPS) is 21.3. The largest absolute Gasteiger partial charge is 0.520 e. The number of hydrogen-bond donors (Lipinski definition) is 0. The van der Waals surface area contributed by atoms with Crippen LogP contribution >= 0.6 is 0 Å². The highest BCUT2D eigenvalue weighted by Gasteiger charge is 2.38. The number of rotatable bonds is 7. The van der Waals surface area contributed by atoms with Crippen molar-refractivity contribution in [3.05, 3.63) is 29.3 Å². The van der Waals surface area contributed by atoms with E-state index in [1.165, 1.54) is 5.56 Å². The average molecular weight is 343 g/mol. The van der Waals surface area contributed by atoms with Crippen molar-refractivity contribution >= 4 is 17.4 Å². The van der Waals surface area contributed by atoms with Gasteiger partial charge < -0.3 is 22.1 Å². The molecule has 1 aromatic carbocycles. The summed E-state index contributed by atoms with van der Waals surface area (Å²) < 4.78 is 28.4. The van der Waals surface area contributed by atoms with E-state index < -0.39 is 17.4 Å². The molecule has 7 heteroatoms. The van der Waals surface area contributed by atoms with Crippen LogP contribution in [-0.2, 0) is 30.7 Å². The van der Waals surface area contributed by atoms with Crippen LogP contribution in [0.25, 0.3) is 0 Å². The predicted octanol–water partition coefficient (Wildman–Crippen LogP) is 3.11. The Morgan fingerprint density at radius 3 is 2.45 bits per heavy atom. The summed E-state index contributed by atoms with van der Waals surface area (Å²) in [6, 6.07) is 8.02. The summed E-state index contributed by atoms with van der Waals surface area (Å²) >= 11 is 0. The van der Waals surface area contributed by atoms with Crippen molar-refractivity contribution in [2.45, 2.75) is 38.6 Å². The van der Waals surface area contributed by atoms with Gasteiger partial charge in [0.1, 0.15) is 5.75 Å². The minimum absolute atomic E-state index is 0.640. The van der Waals surface area contributed by atoms with Crippen molar-refractivity contribution in [2.24, 2.45) is 0 Å². The molecular weight excluding hydrogens is 316 g/mol. The van der Waals surface area contributed by atoms with E-state index in [0.717, 1.165) is 29.8 Å². The maximum Gasteiger partial charge on any atom is 0.500 e. The Morgan fingerprint density at radius 2 is 1.86 bits per heavy atom. The monoisotopic (exact) mass is 342 g/mol. The molecule has 0 bridgehead atoms. The summed E-state index contributed by atoms with van der Waals surface area (Å²) in [6.07, 6.45) is 0.845. The summed E-state index contributed by atoms with van der Waals surface area (Å²) in [4.78, 5) is 0. The predicted molar refractivity (Wildman–Crippen MR) is 89.3 cm³/mol. The summed E-state index contributed by atoms with van der Waals surface area (Å²) in [7, 11) is 0.410. The van der Waals surface area contributed by atoms with Crippen LogP contribution < -0.4 is 4.43 Å². The van der Waals surface area contributed by atoms with Crippen LogP contribution in [0.3, 0.4) is 0 Å². The second-order valence-corrected chi connectivity index (χ2v) is 12.2. The maximum absolute atomic E-state index is 6.08. The van der Waals surface area contributed by atoms with Crippen LogP contribution in [0.1, 0.15) is 18.1 Å². The van der Waals surface area contributed by atoms with Gasteiger partial charge in [0, 0.05) is 32.9 Å². The van der Waals surface area contributed by atoms with Crippen molar-refractivity contribution in [3.63, 3.8) is 0 Å². The molecule has 1 aliphatic heterocycles. The van der Waals surface area contributed by atoms with Gasteiger partial charge in [-0.15, -0.1) is 0 Å². The molecule has 0 N–H and O–H groups in total. The summed E-state index contributed by atoms with van der Waals surface area (Å²) in [5.74, 6) is 0.972. The van der Waals surface area contributed by atoms with Crippen molar-refractivity contribution in [3.8, 4) is 5.75 Å². The first-order chi connectivity index (χ1) is 10.5. The van der Waals surface area contributed by atoms with E-state index >= 15 is 0 Å². The molecular formula is C15H26O5Si2. The van der Waals surface area contributed by atoms with Crippen LogP contribution in [0, 0.1) is 0 Å². The van der Waals surface area contributed by atoms with Crippen LogP contribution in [0.15, 0.2) is 18.2 Å². The lowest BCUT2D eigenvalue weighted by Crippen LogP contribution is -2.44. The third kappa shape index (κ3) is 3.79. The topological polar surface area (TPSA) is 46.2 Å². The summed E-state index contributed by atoms with van der Waals surface area (Å²) in [5.41, 5.74) is 2.34. The quantitative estimate of drug-likeness (QED) is 0.713. The molecule has 1 aromatic rings. The first-order valence-corrected chi connectivity index (χ1v) is 12.1. The van der Waals surface area contributed by atoms with Crippen molar-refractivity contribution in [1.82, 2.24) is 0 Å². The van der Waals surface area contributed by atoms with Crippen LogP contribution in [0.2, 0.25) is 18.6 Å². The van der Waals surface area contributed by atoms with Crippen molar-refractivity contribution < 1.29 is 22.1 Å². The third-order valence-corrected chi connectivity index (χ3v) is 9.70. The van der Waals surface area contributed by atoms with Crippen molar-refractivity contribution in [1.29, 1.82) is 0 Å². The van der Waals surface area contributed by atoms with E-state index in [1.807, 2.05) is 0 Å². The first kappa shape index (κ1) is 17.6. The maximum atomic E-state index is 6.08. The zero-order chi connectivity index (χ0) is 16.2. The molecule has 0 amide bonds. The second kappa shape index (κ2) is 7.24. The second-order valence-electron chi connectivity index (χ2n) is 5.62. The Kier molecular flexibility index (Phi) is 5.81. The lowest BCUT2D eigenvalue weighted by atomic mass is 10.1. The Morgan fingerprint density at radius 1 is 1.18 bits per heavy atom. The fraction of sp³-hybridized carbons (Fsp3) is 0.600. The number of aryl methyl sites for hydroxylation is 1. The minimum atomic E-state index is -2.52.